The first-order chi connectivity index (χ1) is 10.0. The lowest BCUT2D eigenvalue weighted by atomic mass is 10.1. The van der Waals surface area contributed by atoms with Crippen LogP contribution >= 0.6 is 27.5 Å². The van der Waals surface area contributed by atoms with Gasteiger partial charge < -0.3 is 10.6 Å². The van der Waals surface area contributed by atoms with E-state index in [9.17, 15) is 4.79 Å². The van der Waals surface area contributed by atoms with Crippen molar-refractivity contribution in [3.63, 3.8) is 0 Å². The average molecular weight is 368 g/mol. The Morgan fingerprint density at radius 3 is 2.62 bits per heavy atom. The van der Waals surface area contributed by atoms with Crippen molar-refractivity contribution >= 4 is 39.1 Å². The van der Waals surface area contributed by atoms with Gasteiger partial charge in [-0.3, -0.25) is 4.79 Å². The summed E-state index contributed by atoms with van der Waals surface area (Å²) in [5.41, 5.74) is 1.87. The van der Waals surface area contributed by atoms with Crippen LogP contribution in [-0.2, 0) is 4.79 Å². The van der Waals surface area contributed by atoms with E-state index in [-0.39, 0.29) is 18.5 Å². The molecule has 1 unspecified atom stereocenters. The second kappa shape index (κ2) is 7.59. The van der Waals surface area contributed by atoms with Crippen molar-refractivity contribution in [2.24, 2.45) is 0 Å². The van der Waals surface area contributed by atoms with Crippen molar-refractivity contribution in [1.29, 1.82) is 0 Å². The molecule has 0 saturated heterocycles. The highest BCUT2D eigenvalue weighted by Gasteiger charge is 2.08. The summed E-state index contributed by atoms with van der Waals surface area (Å²) in [5, 5.41) is 6.74. The van der Waals surface area contributed by atoms with Crippen LogP contribution in [0.15, 0.2) is 53.0 Å². The Morgan fingerprint density at radius 1 is 1.24 bits per heavy atom. The van der Waals surface area contributed by atoms with Gasteiger partial charge in [0.15, 0.2) is 0 Å². The SMILES string of the molecule is CC(NCC(=O)Nc1cccc(Br)c1)c1ccc(Cl)cc1. The van der Waals surface area contributed by atoms with E-state index >= 15 is 0 Å². The highest BCUT2D eigenvalue weighted by atomic mass is 79.9. The van der Waals surface area contributed by atoms with Crippen molar-refractivity contribution in [3.05, 3.63) is 63.6 Å². The van der Waals surface area contributed by atoms with E-state index < -0.39 is 0 Å². The van der Waals surface area contributed by atoms with Gasteiger partial charge in [0.25, 0.3) is 0 Å². The zero-order valence-electron chi connectivity index (χ0n) is 11.6. The second-order valence-corrected chi connectivity index (χ2v) is 6.06. The Balaban J connectivity index is 1.84. The van der Waals surface area contributed by atoms with Crippen LogP contribution in [0.3, 0.4) is 0 Å². The van der Waals surface area contributed by atoms with Crippen LogP contribution in [0.1, 0.15) is 18.5 Å². The lowest BCUT2D eigenvalue weighted by Gasteiger charge is -2.14. The molecule has 1 atom stereocenters. The normalized spacial score (nSPS) is 12.0. The molecule has 1 amide bonds. The van der Waals surface area contributed by atoms with Gasteiger partial charge in [0, 0.05) is 21.2 Å². The van der Waals surface area contributed by atoms with E-state index in [1.807, 2.05) is 55.5 Å². The van der Waals surface area contributed by atoms with Crippen molar-refractivity contribution < 1.29 is 4.79 Å². The topological polar surface area (TPSA) is 41.1 Å². The largest absolute Gasteiger partial charge is 0.325 e. The lowest BCUT2D eigenvalue weighted by Crippen LogP contribution is -2.30. The van der Waals surface area contributed by atoms with E-state index in [0.29, 0.717) is 5.02 Å². The molecule has 0 aliphatic heterocycles. The van der Waals surface area contributed by atoms with Crippen molar-refractivity contribution in [2.45, 2.75) is 13.0 Å². The number of benzene rings is 2. The van der Waals surface area contributed by atoms with Gasteiger partial charge >= 0.3 is 0 Å². The van der Waals surface area contributed by atoms with Gasteiger partial charge in [0.05, 0.1) is 6.54 Å². The third-order valence-electron chi connectivity index (χ3n) is 3.05. The smallest absolute Gasteiger partial charge is 0.238 e. The van der Waals surface area contributed by atoms with Gasteiger partial charge in [0.1, 0.15) is 0 Å². The van der Waals surface area contributed by atoms with Crippen molar-refractivity contribution in [3.8, 4) is 0 Å². The number of carbonyl (C=O) groups excluding carboxylic acids is 1. The Bertz CT molecular complexity index is 616. The van der Waals surface area contributed by atoms with E-state index in [2.05, 4.69) is 26.6 Å². The van der Waals surface area contributed by atoms with Gasteiger partial charge in [0.2, 0.25) is 5.91 Å². The van der Waals surface area contributed by atoms with Crippen LogP contribution in [0.5, 0.6) is 0 Å². The molecule has 5 heteroatoms. The molecule has 0 radical (unpaired) electrons. The molecule has 0 aromatic heterocycles. The maximum atomic E-state index is 11.9. The van der Waals surface area contributed by atoms with Gasteiger partial charge in [-0.1, -0.05) is 45.7 Å². The number of rotatable bonds is 5. The molecule has 0 saturated carbocycles. The highest BCUT2D eigenvalue weighted by Crippen LogP contribution is 2.17. The van der Waals surface area contributed by atoms with Crippen LogP contribution < -0.4 is 10.6 Å². The molecule has 21 heavy (non-hydrogen) atoms. The maximum absolute atomic E-state index is 11.9. The monoisotopic (exact) mass is 366 g/mol. The number of nitrogens with one attached hydrogen (secondary N) is 2. The van der Waals surface area contributed by atoms with E-state index in [4.69, 9.17) is 11.6 Å². The number of carbonyl (C=O) groups is 1. The number of anilines is 1. The summed E-state index contributed by atoms with van der Waals surface area (Å²) < 4.78 is 0.933. The molecule has 110 valence electrons. The second-order valence-electron chi connectivity index (χ2n) is 4.71. The summed E-state index contributed by atoms with van der Waals surface area (Å²) in [6.07, 6.45) is 0. The fourth-order valence-corrected chi connectivity index (χ4v) is 2.41. The van der Waals surface area contributed by atoms with Gasteiger partial charge in [-0.2, -0.15) is 0 Å². The lowest BCUT2D eigenvalue weighted by molar-refractivity contribution is -0.115. The molecule has 2 rings (SSSR count). The molecule has 2 N–H and O–H groups in total. The van der Waals surface area contributed by atoms with Crippen LogP contribution in [-0.4, -0.2) is 12.5 Å². The molecule has 2 aromatic rings. The van der Waals surface area contributed by atoms with Gasteiger partial charge in [-0.15, -0.1) is 0 Å². The molecular formula is C16H16BrClN2O. The zero-order valence-corrected chi connectivity index (χ0v) is 13.9. The van der Waals surface area contributed by atoms with E-state index in [1.54, 1.807) is 0 Å². The number of amides is 1. The molecule has 0 fully saturated rings. The van der Waals surface area contributed by atoms with Crippen molar-refractivity contribution in [2.75, 3.05) is 11.9 Å². The number of hydrogen-bond acceptors (Lipinski definition) is 2. The minimum atomic E-state index is -0.0751. The molecule has 0 aliphatic rings. The van der Waals surface area contributed by atoms with Crippen LogP contribution in [0, 0.1) is 0 Å². The van der Waals surface area contributed by atoms with Crippen LogP contribution in [0.25, 0.3) is 0 Å². The fraction of sp³-hybridized carbons (Fsp3) is 0.188. The predicted octanol–water partition coefficient (Wildman–Crippen LogP) is 4.39. The summed E-state index contributed by atoms with van der Waals surface area (Å²) in [7, 11) is 0. The third kappa shape index (κ3) is 5.16. The molecule has 0 aliphatic carbocycles. The first kappa shape index (κ1) is 16.0. The summed E-state index contributed by atoms with van der Waals surface area (Å²) in [6, 6.07) is 15.2. The Kier molecular flexibility index (Phi) is 5.79. The summed E-state index contributed by atoms with van der Waals surface area (Å²) >= 11 is 9.23. The van der Waals surface area contributed by atoms with Crippen LogP contribution in [0.2, 0.25) is 5.02 Å². The molecule has 3 nitrogen and oxygen atoms in total. The highest BCUT2D eigenvalue weighted by molar-refractivity contribution is 9.10. The quantitative estimate of drug-likeness (QED) is 0.823. The Morgan fingerprint density at radius 2 is 1.95 bits per heavy atom. The van der Waals surface area contributed by atoms with E-state index in [1.165, 1.54) is 0 Å². The van der Waals surface area contributed by atoms with Gasteiger partial charge in [-0.25, -0.2) is 0 Å². The average Bonchev–Trinajstić information content (AvgIpc) is 2.45. The summed E-state index contributed by atoms with van der Waals surface area (Å²) in [5.74, 6) is -0.0751. The zero-order chi connectivity index (χ0) is 15.2. The summed E-state index contributed by atoms with van der Waals surface area (Å²) in [6.45, 7) is 2.26. The number of halogens is 2. The fourth-order valence-electron chi connectivity index (χ4n) is 1.89. The van der Waals surface area contributed by atoms with Gasteiger partial charge in [-0.05, 0) is 42.8 Å². The molecule has 0 bridgehead atoms. The molecule has 0 spiro atoms. The Labute approximate surface area is 137 Å². The number of hydrogen-bond donors (Lipinski definition) is 2. The molecular weight excluding hydrogens is 352 g/mol. The minimum Gasteiger partial charge on any atom is -0.325 e. The summed E-state index contributed by atoms with van der Waals surface area (Å²) in [4.78, 5) is 11.9. The van der Waals surface area contributed by atoms with E-state index in [0.717, 1.165) is 15.7 Å². The molecule has 0 heterocycles. The van der Waals surface area contributed by atoms with Crippen LogP contribution in [0.4, 0.5) is 5.69 Å². The van der Waals surface area contributed by atoms with Crippen molar-refractivity contribution in [1.82, 2.24) is 5.32 Å². The first-order valence-electron chi connectivity index (χ1n) is 6.59. The Hall–Kier alpha value is -1.36. The first-order valence-corrected chi connectivity index (χ1v) is 7.76. The molecule has 2 aromatic carbocycles. The minimum absolute atomic E-state index is 0.0751. The predicted molar refractivity (Wildman–Crippen MR) is 90.6 cm³/mol. The maximum Gasteiger partial charge on any atom is 0.238 e. The standard InChI is InChI=1S/C16H16BrClN2O/c1-11(12-5-7-14(18)8-6-12)19-10-16(21)20-15-4-2-3-13(17)9-15/h2-9,11,19H,10H2,1H3,(H,20,21). The third-order valence-corrected chi connectivity index (χ3v) is 3.79.